The molecule has 0 radical (unpaired) electrons. The van der Waals surface area contributed by atoms with Crippen LogP contribution in [0.1, 0.15) is 27.4 Å². The van der Waals surface area contributed by atoms with Crippen LogP contribution in [-0.4, -0.2) is 19.5 Å². The Morgan fingerprint density at radius 1 is 0.460 bits per heavy atom. The Morgan fingerprint density at radius 3 is 1.84 bits per heavy atom. The van der Waals surface area contributed by atoms with E-state index in [0.717, 1.165) is 4.57 Å². The summed E-state index contributed by atoms with van der Waals surface area (Å²) in [7, 11) is 0. The van der Waals surface area contributed by atoms with E-state index in [1.807, 2.05) is 0 Å². The van der Waals surface area contributed by atoms with Crippen LogP contribution in [0.3, 0.4) is 0 Å². The van der Waals surface area contributed by atoms with Gasteiger partial charge in [-0.25, -0.2) is 15.0 Å². The van der Waals surface area contributed by atoms with Crippen LogP contribution in [0.2, 0.25) is 0 Å². The van der Waals surface area contributed by atoms with Gasteiger partial charge in [0.1, 0.15) is 11.2 Å². The van der Waals surface area contributed by atoms with Crippen molar-refractivity contribution in [2.45, 2.75) is 0 Å². The molecule has 50 heavy (non-hydrogen) atoms. The molecule has 0 unspecified atom stereocenters. The van der Waals surface area contributed by atoms with Gasteiger partial charge >= 0.3 is 0 Å². The molecule has 3 aromatic heterocycles. The van der Waals surface area contributed by atoms with E-state index in [1.165, 1.54) is 18.2 Å². The van der Waals surface area contributed by atoms with Crippen molar-refractivity contribution in [3.63, 3.8) is 0 Å². The van der Waals surface area contributed by atoms with Crippen LogP contribution in [0.4, 0.5) is 0 Å². The third kappa shape index (κ3) is 4.60. The number of para-hydroxylation sites is 3. The van der Waals surface area contributed by atoms with E-state index in [-0.39, 0.29) is 77.8 Å². The minimum absolute atomic E-state index is 0.0518. The second-order valence-corrected chi connectivity index (χ2v) is 10.9. The molecule has 10 rings (SSSR count). The number of aromatic nitrogens is 4. The summed E-state index contributed by atoms with van der Waals surface area (Å²) in [5.74, 6) is -0.755. The minimum Gasteiger partial charge on any atom is -0.456 e. The summed E-state index contributed by atoms with van der Waals surface area (Å²) in [6, 6.07) is -0.696. The molecule has 0 bridgehead atoms. The van der Waals surface area contributed by atoms with Gasteiger partial charge in [-0.3, -0.25) is 0 Å². The summed E-state index contributed by atoms with van der Waals surface area (Å²) >= 11 is 0. The fraction of sp³-hybridized carbons (Fsp3) is 0. The highest BCUT2D eigenvalue weighted by atomic mass is 16.3. The Balaban J connectivity index is 1.40. The molecule has 0 aliphatic heterocycles. The summed E-state index contributed by atoms with van der Waals surface area (Å²) in [5, 5.41) is -1.05. The Bertz CT molecular complexity index is 3920. The predicted octanol–water partition coefficient (Wildman–Crippen LogP) is 11.5. The average molecular weight is 661 g/mol. The molecule has 7 aromatic carbocycles. The van der Waals surface area contributed by atoms with Crippen molar-refractivity contribution >= 4 is 43.7 Å². The second kappa shape index (κ2) is 11.4. The van der Waals surface area contributed by atoms with Crippen LogP contribution >= 0.6 is 0 Å². The van der Waals surface area contributed by atoms with E-state index in [9.17, 15) is 6.85 Å². The van der Waals surface area contributed by atoms with E-state index in [2.05, 4.69) is 9.97 Å². The topological polar surface area (TPSA) is 56.7 Å². The molecule has 0 N–H and O–H groups in total. The quantitative estimate of drug-likeness (QED) is 0.184. The maximum absolute atomic E-state index is 9.45. The maximum atomic E-state index is 9.45. The molecule has 0 aliphatic carbocycles. The summed E-state index contributed by atoms with van der Waals surface area (Å²) in [5.41, 5.74) is -2.05. The normalized spacial score (nSPS) is 17.2. The van der Waals surface area contributed by atoms with Crippen molar-refractivity contribution in [2.24, 2.45) is 0 Å². The van der Waals surface area contributed by atoms with Gasteiger partial charge < -0.3 is 8.98 Å². The molecule has 5 nitrogen and oxygen atoms in total. The van der Waals surface area contributed by atoms with Crippen LogP contribution in [-0.2, 0) is 0 Å². The number of benzene rings is 7. The number of nitrogens with zero attached hydrogens (tertiary/aromatic N) is 4. The maximum Gasteiger partial charge on any atom is 0.166 e. The molecular weight excluding hydrogens is 613 g/mol. The van der Waals surface area contributed by atoms with Gasteiger partial charge in [-0.15, -0.1) is 0 Å². The largest absolute Gasteiger partial charge is 0.456 e. The van der Waals surface area contributed by atoms with Crippen LogP contribution in [0, 0.1) is 0 Å². The Kier molecular flexibility index (Phi) is 3.36. The highest BCUT2D eigenvalue weighted by Crippen LogP contribution is 2.39. The molecule has 234 valence electrons. The zero-order chi connectivity index (χ0) is 50.4. The first-order chi connectivity index (χ1) is 33.1. The monoisotopic (exact) mass is 660 g/mol. The van der Waals surface area contributed by atoms with E-state index < -0.39 is 132 Å². The average Bonchev–Trinajstić information content (AvgIpc) is 3.94. The molecule has 0 atom stereocenters. The van der Waals surface area contributed by atoms with Crippen LogP contribution in [0.25, 0.3) is 94.7 Å². The summed E-state index contributed by atoms with van der Waals surface area (Å²) in [6.45, 7) is 0. The fourth-order valence-corrected chi connectivity index (χ4v) is 5.85. The van der Waals surface area contributed by atoms with Gasteiger partial charge in [-0.05, 0) is 53.5 Å². The van der Waals surface area contributed by atoms with Gasteiger partial charge in [0.05, 0.1) is 44.1 Å². The number of hydrogen-bond donors (Lipinski definition) is 0. The lowest BCUT2D eigenvalue weighted by molar-refractivity contribution is 0.669. The highest BCUT2D eigenvalue weighted by Gasteiger charge is 2.20. The molecule has 0 amide bonds. The van der Waals surface area contributed by atoms with Gasteiger partial charge in [0, 0.05) is 38.2 Å². The van der Waals surface area contributed by atoms with Crippen LogP contribution < -0.4 is 0 Å². The Labute approximate surface area is 315 Å². The minimum atomic E-state index is -0.741. The van der Waals surface area contributed by atoms with E-state index >= 15 is 0 Å². The van der Waals surface area contributed by atoms with Gasteiger partial charge in [0.15, 0.2) is 17.5 Å². The molecule has 0 saturated carbocycles. The van der Waals surface area contributed by atoms with Crippen LogP contribution in [0.5, 0.6) is 0 Å². The third-order valence-electron chi connectivity index (χ3n) is 8.08. The summed E-state index contributed by atoms with van der Waals surface area (Å²) in [6.07, 6.45) is 0. The predicted molar refractivity (Wildman–Crippen MR) is 203 cm³/mol. The fourth-order valence-electron chi connectivity index (χ4n) is 5.85. The Hall–Kier alpha value is -6.85. The SMILES string of the molecule is [2H]c1c([2H])c([2H])c(-c2nc(-c3ccccc3)nc(-c3ccc(-c4c([2H])c([2H])c5c(oc6c([2H])c([2H])c([2H])c([2H])c65)c4[2H])cc3-n3c4c([2H])c([2H])c([2H])c([2H])c4c4c([2H])c([2H])c([2H])c([2H])c43)n2)c([2H])c1[2H]. The van der Waals surface area contributed by atoms with Crippen molar-refractivity contribution in [1.29, 1.82) is 0 Å². The second-order valence-electron chi connectivity index (χ2n) is 10.9. The molecule has 0 fully saturated rings. The Morgan fingerprint density at radius 2 is 1.08 bits per heavy atom. The number of rotatable bonds is 5. The smallest absolute Gasteiger partial charge is 0.166 e. The number of hydrogen-bond acceptors (Lipinski definition) is 4. The van der Waals surface area contributed by atoms with Gasteiger partial charge in [-0.1, -0.05) is 127 Å². The lowest BCUT2D eigenvalue weighted by atomic mass is 10.00. The lowest BCUT2D eigenvalue weighted by Crippen LogP contribution is -2.04. The van der Waals surface area contributed by atoms with Crippen LogP contribution in [0.15, 0.2) is 174 Å². The molecule has 5 heteroatoms. The van der Waals surface area contributed by atoms with Crippen molar-refractivity contribution in [1.82, 2.24) is 19.5 Å². The van der Waals surface area contributed by atoms with Crippen molar-refractivity contribution < 1.29 is 31.8 Å². The van der Waals surface area contributed by atoms with E-state index in [4.69, 9.17) is 30.0 Å². The van der Waals surface area contributed by atoms with Crippen molar-refractivity contribution in [3.8, 4) is 51.0 Å². The molecule has 0 aliphatic rings. The zero-order valence-corrected chi connectivity index (χ0v) is 25.3. The van der Waals surface area contributed by atoms with Gasteiger partial charge in [0.2, 0.25) is 0 Å². The first-order valence-corrected chi connectivity index (χ1v) is 15.1. The van der Waals surface area contributed by atoms with Gasteiger partial charge in [-0.2, -0.15) is 0 Å². The molecule has 10 aromatic rings. The molecule has 0 spiro atoms. The van der Waals surface area contributed by atoms with E-state index in [1.54, 1.807) is 30.3 Å². The standard InChI is InChI=1S/C45H28N4O/c1-3-13-29(14-4-1)43-46-44(30-15-5-2-6-16-30)48-45(47-43)37-26-24-31(32-23-25-36-35-19-9-12-22-41(35)50-42(36)28-32)27-40(37)49-38-20-10-7-17-33(38)34-18-8-11-21-39(34)49/h1-28H/i1D,3D,4D,7D,8D,9D,10D,11D,12D,13D,14D,17D,18D,19D,20D,21D,22D,23D,25D,28D. The molecule has 0 saturated heterocycles. The van der Waals surface area contributed by atoms with Crippen molar-refractivity contribution in [2.75, 3.05) is 0 Å². The first kappa shape index (κ1) is 14.7. The molecular formula is C45H28N4O. The third-order valence-corrected chi connectivity index (χ3v) is 8.08. The highest BCUT2D eigenvalue weighted by molar-refractivity contribution is 6.10. The summed E-state index contributed by atoms with van der Waals surface area (Å²) in [4.78, 5) is 14.0. The summed E-state index contributed by atoms with van der Waals surface area (Å²) < 4.78 is 183. The zero-order valence-electron chi connectivity index (χ0n) is 45.3. The number of fused-ring (bicyclic) bond motifs is 6. The lowest BCUT2D eigenvalue weighted by Gasteiger charge is -2.16. The number of furan rings is 1. The van der Waals surface area contributed by atoms with Crippen molar-refractivity contribution in [3.05, 3.63) is 169 Å². The first-order valence-electron chi connectivity index (χ1n) is 25.1. The van der Waals surface area contributed by atoms with Gasteiger partial charge in [0.25, 0.3) is 0 Å². The van der Waals surface area contributed by atoms with E-state index in [0.29, 0.717) is 5.56 Å². The molecule has 3 heterocycles.